The number of carboxylic acid groups (broad SMARTS) is 1. The van der Waals surface area contributed by atoms with Crippen molar-refractivity contribution in [1.82, 2.24) is 19.1 Å². The molecule has 6 nitrogen and oxygen atoms in total. The normalized spacial score (nSPS) is 10.6. The molecule has 2 rings (SSSR count). The van der Waals surface area contributed by atoms with Gasteiger partial charge >= 0.3 is 5.97 Å². The Morgan fingerprint density at radius 1 is 1.62 bits per heavy atom. The molecule has 0 amide bonds. The van der Waals surface area contributed by atoms with Gasteiger partial charge in [0.15, 0.2) is 0 Å². The topological polar surface area (TPSA) is 80.9 Å². The minimum atomic E-state index is -0.996. The molecule has 0 saturated carbocycles. The molecule has 84 valence electrons. The number of aromatic nitrogens is 4. The highest BCUT2D eigenvalue weighted by atomic mass is 32.1. The molecule has 0 radical (unpaired) electrons. The van der Waals surface area contributed by atoms with Crippen LogP contribution in [0.25, 0.3) is 5.13 Å². The standard InChI is InChI=1S/C9H10N4O2S/c1-2-3-7-11-9(16-12-7)13-5-6(4-10-13)8(14)15/h4-5H,2-3H2,1H3,(H,14,15). The highest BCUT2D eigenvalue weighted by Crippen LogP contribution is 2.12. The SMILES string of the molecule is CCCc1nsc(-n2cc(C(=O)O)cn2)n1. The Bertz CT molecular complexity index is 505. The lowest BCUT2D eigenvalue weighted by Crippen LogP contribution is -1.96. The first kappa shape index (κ1) is 10.7. The van der Waals surface area contributed by atoms with Gasteiger partial charge in [-0.3, -0.25) is 0 Å². The number of rotatable bonds is 4. The number of carbonyl (C=O) groups is 1. The van der Waals surface area contributed by atoms with E-state index in [2.05, 4.69) is 21.4 Å². The van der Waals surface area contributed by atoms with Gasteiger partial charge in [0, 0.05) is 24.2 Å². The zero-order chi connectivity index (χ0) is 11.5. The van der Waals surface area contributed by atoms with E-state index >= 15 is 0 Å². The van der Waals surface area contributed by atoms with Gasteiger partial charge in [-0.05, 0) is 6.42 Å². The van der Waals surface area contributed by atoms with Crippen molar-refractivity contribution in [2.45, 2.75) is 19.8 Å². The zero-order valence-electron chi connectivity index (χ0n) is 8.62. The van der Waals surface area contributed by atoms with Gasteiger partial charge in [0.2, 0.25) is 5.13 Å². The van der Waals surface area contributed by atoms with Crippen LogP contribution < -0.4 is 0 Å². The van der Waals surface area contributed by atoms with Gasteiger partial charge in [0.1, 0.15) is 5.82 Å². The molecule has 16 heavy (non-hydrogen) atoms. The minimum Gasteiger partial charge on any atom is -0.478 e. The Morgan fingerprint density at radius 3 is 3.06 bits per heavy atom. The van der Waals surface area contributed by atoms with E-state index in [9.17, 15) is 4.79 Å². The van der Waals surface area contributed by atoms with E-state index in [4.69, 9.17) is 5.11 Å². The smallest absolute Gasteiger partial charge is 0.338 e. The lowest BCUT2D eigenvalue weighted by molar-refractivity contribution is 0.0697. The quantitative estimate of drug-likeness (QED) is 0.870. The number of carboxylic acids is 1. The van der Waals surface area contributed by atoms with Crippen molar-refractivity contribution in [3.8, 4) is 5.13 Å². The predicted molar refractivity (Wildman–Crippen MR) is 58.0 cm³/mol. The largest absolute Gasteiger partial charge is 0.478 e. The molecule has 2 aromatic heterocycles. The van der Waals surface area contributed by atoms with Crippen molar-refractivity contribution in [3.63, 3.8) is 0 Å². The Balaban J connectivity index is 2.24. The number of nitrogens with zero attached hydrogens (tertiary/aromatic N) is 4. The van der Waals surface area contributed by atoms with Gasteiger partial charge in [-0.15, -0.1) is 0 Å². The molecule has 1 N–H and O–H groups in total. The molecule has 0 aromatic carbocycles. The second-order valence-corrected chi connectivity index (χ2v) is 3.95. The molecule has 0 aliphatic carbocycles. The molecule has 2 aromatic rings. The van der Waals surface area contributed by atoms with Crippen LogP contribution in [-0.2, 0) is 6.42 Å². The van der Waals surface area contributed by atoms with E-state index in [1.807, 2.05) is 0 Å². The van der Waals surface area contributed by atoms with Crippen LogP contribution in [0, 0.1) is 0 Å². The van der Waals surface area contributed by atoms with Crippen molar-refractivity contribution >= 4 is 17.5 Å². The Labute approximate surface area is 95.7 Å². The third-order valence-corrected chi connectivity index (χ3v) is 2.70. The highest BCUT2D eigenvalue weighted by molar-refractivity contribution is 7.08. The van der Waals surface area contributed by atoms with Crippen LogP contribution in [0.3, 0.4) is 0 Å². The first-order valence-corrected chi connectivity index (χ1v) is 5.59. The molecule has 2 heterocycles. The number of aromatic carboxylic acids is 1. The summed E-state index contributed by atoms with van der Waals surface area (Å²) in [5.41, 5.74) is 0.146. The van der Waals surface area contributed by atoms with Crippen LogP contribution in [0.4, 0.5) is 0 Å². The van der Waals surface area contributed by atoms with Gasteiger partial charge in [0.05, 0.1) is 11.8 Å². The summed E-state index contributed by atoms with van der Waals surface area (Å²) in [7, 11) is 0. The maximum atomic E-state index is 10.7. The zero-order valence-corrected chi connectivity index (χ0v) is 9.44. The van der Waals surface area contributed by atoms with Crippen molar-refractivity contribution < 1.29 is 9.90 Å². The average Bonchev–Trinajstić information content (AvgIpc) is 2.84. The van der Waals surface area contributed by atoms with Crippen molar-refractivity contribution in [2.75, 3.05) is 0 Å². The fraction of sp³-hybridized carbons (Fsp3) is 0.333. The van der Waals surface area contributed by atoms with Crippen LogP contribution in [0.15, 0.2) is 12.4 Å². The van der Waals surface area contributed by atoms with Crippen LogP contribution in [-0.4, -0.2) is 30.2 Å². The third-order valence-electron chi connectivity index (χ3n) is 1.96. The van der Waals surface area contributed by atoms with Gasteiger partial charge in [-0.1, -0.05) is 6.92 Å². The van der Waals surface area contributed by atoms with Crippen molar-refractivity contribution in [1.29, 1.82) is 0 Å². The molecule has 0 spiro atoms. The first-order chi connectivity index (χ1) is 7.70. The maximum absolute atomic E-state index is 10.7. The molecule has 7 heteroatoms. The van der Waals surface area contributed by atoms with Crippen molar-refractivity contribution in [2.24, 2.45) is 0 Å². The van der Waals surface area contributed by atoms with Gasteiger partial charge < -0.3 is 5.11 Å². The number of hydrogen-bond acceptors (Lipinski definition) is 5. The van der Waals surface area contributed by atoms with E-state index in [-0.39, 0.29) is 5.56 Å². The fourth-order valence-corrected chi connectivity index (χ4v) is 1.85. The molecule has 0 fully saturated rings. The van der Waals surface area contributed by atoms with E-state index < -0.39 is 5.97 Å². The van der Waals surface area contributed by atoms with E-state index in [0.29, 0.717) is 5.13 Å². The summed E-state index contributed by atoms with van der Waals surface area (Å²) in [6.07, 6.45) is 4.53. The maximum Gasteiger partial charge on any atom is 0.338 e. The molecular formula is C9H10N4O2S. The van der Waals surface area contributed by atoms with E-state index in [0.717, 1.165) is 18.7 Å². The van der Waals surface area contributed by atoms with Gasteiger partial charge in [-0.2, -0.15) is 9.47 Å². The molecule has 0 saturated heterocycles. The first-order valence-electron chi connectivity index (χ1n) is 4.81. The third kappa shape index (κ3) is 2.08. The summed E-state index contributed by atoms with van der Waals surface area (Å²) < 4.78 is 5.59. The van der Waals surface area contributed by atoms with E-state index in [1.54, 1.807) is 0 Å². The van der Waals surface area contributed by atoms with Crippen molar-refractivity contribution in [3.05, 3.63) is 23.8 Å². The van der Waals surface area contributed by atoms with Gasteiger partial charge in [0.25, 0.3) is 0 Å². The Hall–Kier alpha value is -1.76. The number of hydrogen-bond donors (Lipinski definition) is 1. The molecule has 0 aliphatic rings. The van der Waals surface area contributed by atoms with Gasteiger partial charge in [-0.25, -0.2) is 14.5 Å². The second-order valence-electron chi connectivity index (χ2n) is 3.22. The molecule has 0 atom stereocenters. The summed E-state index contributed by atoms with van der Waals surface area (Å²) >= 11 is 1.21. The summed E-state index contributed by atoms with van der Waals surface area (Å²) in [6.45, 7) is 2.05. The monoisotopic (exact) mass is 238 g/mol. The van der Waals surface area contributed by atoms with Crippen LogP contribution >= 0.6 is 11.5 Å². The molecule has 0 unspecified atom stereocenters. The lowest BCUT2D eigenvalue weighted by atomic mass is 10.3. The molecule has 0 bridgehead atoms. The second kappa shape index (κ2) is 4.40. The summed E-state index contributed by atoms with van der Waals surface area (Å²) in [4.78, 5) is 14.9. The minimum absolute atomic E-state index is 0.146. The number of aryl methyl sites for hydroxylation is 1. The van der Waals surface area contributed by atoms with Crippen LogP contribution in [0.5, 0.6) is 0 Å². The lowest BCUT2D eigenvalue weighted by Gasteiger charge is -1.91. The van der Waals surface area contributed by atoms with E-state index in [1.165, 1.54) is 28.6 Å². The van der Waals surface area contributed by atoms with Crippen LogP contribution in [0.1, 0.15) is 29.5 Å². The summed E-state index contributed by atoms with van der Waals surface area (Å²) in [5.74, 6) is -0.223. The summed E-state index contributed by atoms with van der Waals surface area (Å²) in [5, 5.41) is 13.3. The summed E-state index contributed by atoms with van der Waals surface area (Å²) in [6, 6.07) is 0. The predicted octanol–water partition coefficient (Wildman–Crippen LogP) is 1.37. The molecular weight excluding hydrogens is 228 g/mol. The average molecular weight is 238 g/mol. The van der Waals surface area contributed by atoms with Crippen LogP contribution in [0.2, 0.25) is 0 Å². The Morgan fingerprint density at radius 2 is 2.44 bits per heavy atom. The fourth-order valence-electron chi connectivity index (χ4n) is 1.20. The Kier molecular flexibility index (Phi) is 2.95. The highest BCUT2D eigenvalue weighted by Gasteiger charge is 2.10. The molecule has 0 aliphatic heterocycles.